The molecule has 32 heavy (non-hydrogen) atoms. The zero-order valence-corrected chi connectivity index (χ0v) is 18.6. The molecule has 2 aromatic heterocycles. The van der Waals surface area contributed by atoms with E-state index >= 15 is 0 Å². The number of carbonyl (C=O) groups is 2. The number of nitrogens with one attached hydrogen (secondary N) is 1. The van der Waals surface area contributed by atoms with Gasteiger partial charge in [-0.1, -0.05) is 18.2 Å². The van der Waals surface area contributed by atoms with Crippen molar-refractivity contribution in [2.45, 2.75) is 27.3 Å². The molecule has 0 fully saturated rings. The quantitative estimate of drug-likeness (QED) is 0.477. The van der Waals surface area contributed by atoms with Gasteiger partial charge in [0.2, 0.25) is 5.91 Å². The lowest BCUT2D eigenvalue weighted by atomic mass is 10.2. The predicted molar refractivity (Wildman–Crippen MR) is 126 cm³/mol. The minimum absolute atomic E-state index is 0.0933. The zero-order chi connectivity index (χ0) is 22.7. The maximum absolute atomic E-state index is 12.9. The Bertz CT molecular complexity index is 1250. The van der Waals surface area contributed by atoms with E-state index in [9.17, 15) is 9.59 Å². The molecule has 164 valence electrons. The van der Waals surface area contributed by atoms with Crippen molar-refractivity contribution in [3.8, 4) is 5.69 Å². The summed E-state index contributed by atoms with van der Waals surface area (Å²) in [5, 5.41) is 8.40. The van der Waals surface area contributed by atoms with E-state index in [0.717, 1.165) is 16.6 Å². The molecule has 4 aromatic rings. The smallest absolute Gasteiger partial charge is 0.259 e. The lowest BCUT2D eigenvalue weighted by Gasteiger charge is -2.19. The van der Waals surface area contributed by atoms with Crippen molar-refractivity contribution in [2.75, 3.05) is 18.4 Å². The molecule has 0 aliphatic rings. The molecule has 2 aromatic carbocycles. The van der Waals surface area contributed by atoms with E-state index in [-0.39, 0.29) is 11.8 Å². The highest BCUT2D eigenvalue weighted by Crippen LogP contribution is 2.22. The van der Waals surface area contributed by atoms with E-state index in [1.54, 1.807) is 10.9 Å². The van der Waals surface area contributed by atoms with Crippen molar-refractivity contribution in [1.82, 2.24) is 19.2 Å². The minimum Gasteiger partial charge on any atom is -0.342 e. The average molecular weight is 430 g/mol. The van der Waals surface area contributed by atoms with Crippen LogP contribution in [0, 0.1) is 6.92 Å². The van der Waals surface area contributed by atoms with Crippen LogP contribution in [0.25, 0.3) is 16.6 Å². The van der Waals surface area contributed by atoms with E-state index in [2.05, 4.69) is 10.4 Å². The summed E-state index contributed by atoms with van der Waals surface area (Å²) in [6.07, 6.45) is 3.65. The molecule has 7 heteroatoms. The molecule has 2 amide bonds. The molecule has 0 atom stereocenters. The SMILES string of the molecule is CCN(CC)C(=O)Cn1ccc2cc(NC(=O)c3cn(-c4ccccc4)nc3C)ccc21. The van der Waals surface area contributed by atoms with Crippen LogP contribution in [0.1, 0.15) is 29.9 Å². The molecule has 0 aliphatic heterocycles. The number of para-hydroxylation sites is 1. The van der Waals surface area contributed by atoms with E-state index in [4.69, 9.17) is 0 Å². The third-order valence-electron chi connectivity index (χ3n) is 5.61. The van der Waals surface area contributed by atoms with Gasteiger partial charge in [0.15, 0.2) is 0 Å². The van der Waals surface area contributed by atoms with Crippen LogP contribution in [-0.4, -0.2) is 44.2 Å². The molecule has 0 bridgehead atoms. The highest BCUT2D eigenvalue weighted by Gasteiger charge is 2.16. The Morgan fingerprint density at radius 3 is 2.50 bits per heavy atom. The van der Waals surface area contributed by atoms with Crippen LogP contribution >= 0.6 is 0 Å². The monoisotopic (exact) mass is 429 g/mol. The fourth-order valence-electron chi connectivity index (χ4n) is 3.83. The van der Waals surface area contributed by atoms with Crippen LogP contribution in [-0.2, 0) is 11.3 Å². The van der Waals surface area contributed by atoms with E-state index in [0.29, 0.717) is 36.6 Å². The molecule has 7 nitrogen and oxygen atoms in total. The van der Waals surface area contributed by atoms with Gasteiger partial charge in [-0.25, -0.2) is 4.68 Å². The number of nitrogens with zero attached hydrogens (tertiary/aromatic N) is 4. The topological polar surface area (TPSA) is 72.2 Å². The average Bonchev–Trinajstić information content (AvgIpc) is 3.38. The van der Waals surface area contributed by atoms with Gasteiger partial charge in [0.05, 0.1) is 16.9 Å². The molecule has 1 N–H and O–H groups in total. The Balaban J connectivity index is 1.51. The van der Waals surface area contributed by atoms with Crippen LogP contribution in [0.5, 0.6) is 0 Å². The van der Waals surface area contributed by atoms with Gasteiger partial charge >= 0.3 is 0 Å². The number of benzene rings is 2. The summed E-state index contributed by atoms with van der Waals surface area (Å²) in [6.45, 7) is 7.49. The minimum atomic E-state index is -0.208. The summed E-state index contributed by atoms with van der Waals surface area (Å²) in [5.41, 5.74) is 3.74. The van der Waals surface area contributed by atoms with Crippen molar-refractivity contribution >= 4 is 28.4 Å². The molecule has 0 saturated heterocycles. The van der Waals surface area contributed by atoms with Crippen molar-refractivity contribution in [2.24, 2.45) is 0 Å². The fraction of sp³-hybridized carbons (Fsp3) is 0.240. The van der Waals surface area contributed by atoms with Gasteiger partial charge < -0.3 is 14.8 Å². The van der Waals surface area contributed by atoms with Gasteiger partial charge in [-0.3, -0.25) is 9.59 Å². The van der Waals surface area contributed by atoms with Crippen LogP contribution in [0.4, 0.5) is 5.69 Å². The molecule has 2 heterocycles. The first-order chi connectivity index (χ1) is 15.5. The van der Waals surface area contributed by atoms with E-state index in [1.165, 1.54) is 0 Å². The number of likely N-dealkylation sites (N-methyl/N-ethyl adjacent to an activating group) is 1. The fourth-order valence-corrected chi connectivity index (χ4v) is 3.83. The van der Waals surface area contributed by atoms with Gasteiger partial charge in [-0.2, -0.15) is 5.10 Å². The molecular formula is C25H27N5O2. The van der Waals surface area contributed by atoms with Gasteiger partial charge in [0.25, 0.3) is 5.91 Å². The molecule has 0 aliphatic carbocycles. The second-order valence-corrected chi connectivity index (χ2v) is 7.65. The lowest BCUT2D eigenvalue weighted by molar-refractivity contribution is -0.131. The summed E-state index contributed by atoms with van der Waals surface area (Å²) in [6, 6.07) is 17.4. The van der Waals surface area contributed by atoms with E-state index < -0.39 is 0 Å². The Morgan fingerprint density at radius 1 is 1.03 bits per heavy atom. The Hall–Kier alpha value is -3.87. The number of carbonyl (C=O) groups excluding carboxylic acids is 2. The van der Waals surface area contributed by atoms with Crippen LogP contribution in [0.3, 0.4) is 0 Å². The number of aromatic nitrogens is 3. The first-order valence-corrected chi connectivity index (χ1v) is 10.8. The number of aryl methyl sites for hydroxylation is 1. The first kappa shape index (κ1) is 21.4. The third kappa shape index (κ3) is 4.27. The maximum atomic E-state index is 12.9. The predicted octanol–water partition coefficient (Wildman–Crippen LogP) is 4.26. The Morgan fingerprint density at radius 2 is 1.78 bits per heavy atom. The van der Waals surface area contributed by atoms with Gasteiger partial charge in [0, 0.05) is 42.1 Å². The number of hydrogen-bond donors (Lipinski definition) is 1. The zero-order valence-electron chi connectivity index (χ0n) is 18.6. The summed E-state index contributed by atoms with van der Waals surface area (Å²) in [4.78, 5) is 27.2. The normalized spacial score (nSPS) is 11.0. The third-order valence-corrected chi connectivity index (χ3v) is 5.61. The summed E-state index contributed by atoms with van der Waals surface area (Å²) in [7, 11) is 0. The molecule has 4 rings (SSSR count). The molecule has 0 unspecified atom stereocenters. The van der Waals surface area contributed by atoms with Gasteiger partial charge in [0.1, 0.15) is 6.54 Å². The maximum Gasteiger partial charge on any atom is 0.259 e. The number of fused-ring (bicyclic) bond motifs is 1. The van der Waals surface area contributed by atoms with Crippen molar-refractivity contribution in [1.29, 1.82) is 0 Å². The van der Waals surface area contributed by atoms with Crippen LogP contribution in [0.2, 0.25) is 0 Å². The second-order valence-electron chi connectivity index (χ2n) is 7.65. The van der Waals surface area contributed by atoms with Crippen molar-refractivity contribution < 1.29 is 9.59 Å². The standard InChI is InChI=1S/C25H27N5O2/c1-4-28(5-2)24(31)17-29-14-13-19-15-20(11-12-23(19)29)26-25(32)22-16-30(27-18(22)3)21-9-7-6-8-10-21/h6-16H,4-5,17H2,1-3H3,(H,26,32). The van der Waals surface area contributed by atoms with E-state index in [1.807, 2.05) is 91.0 Å². The number of hydrogen-bond acceptors (Lipinski definition) is 3. The Kier molecular flexibility index (Phi) is 6.07. The van der Waals surface area contributed by atoms with Crippen LogP contribution < -0.4 is 5.32 Å². The Labute approximate surface area is 187 Å². The van der Waals surface area contributed by atoms with Gasteiger partial charge in [-0.05, 0) is 57.2 Å². The molecule has 0 saturated carbocycles. The van der Waals surface area contributed by atoms with Gasteiger partial charge in [-0.15, -0.1) is 0 Å². The number of rotatable bonds is 7. The molecular weight excluding hydrogens is 402 g/mol. The van der Waals surface area contributed by atoms with Crippen molar-refractivity contribution in [3.05, 3.63) is 78.2 Å². The second kappa shape index (κ2) is 9.09. The largest absolute Gasteiger partial charge is 0.342 e. The highest BCUT2D eigenvalue weighted by molar-refractivity contribution is 6.05. The van der Waals surface area contributed by atoms with Crippen LogP contribution in [0.15, 0.2) is 67.0 Å². The summed E-state index contributed by atoms with van der Waals surface area (Å²) < 4.78 is 3.65. The summed E-state index contributed by atoms with van der Waals surface area (Å²) in [5.74, 6) is -0.115. The highest BCUT2D eigenvalue weighted by atomic mass is 16.2. The molecule has 0 radical (unpaired) electrons. The lowest BCUT2D eigenvalue weighted by Crippen LogP contribution is -2.33. The molecule has 0 spiro atoms. The summed E-state index contributed by atoms with van der Waals surface area (Å²) >= 11 is 0. The number of anilines is 1. The first-order valence-electron chi connectivity index (χ1n) is 10.8. The number of amides is 2. The van der Waals surface area contributed by atoms with Crippen molar-refractivity contribution in [3.63, 3.8) is 0 Å².